The largest absolute Gasteiger partial charge is 0.310 e. The van der Waals surface area contributed by atoms with E-state index in [0.717, 1.165) is 0 Å². The lowest BCUT2D eigenvalue weighted by molar-refractivity contribution is 0.102. The molecule has 94 valence electrons. The van der Waals surface area contributed by atoms with E-state index in [1.165, 1.54) is 58.3 Å². The Morgan fingerprint density at radius 3 is 2.31 bits per heavy atom. The van der Waals surface area contributed by atoms with Crippen molar-refractivity contribution in [1.29, 1.82) is 0 Å². The summed E-state index contributed by atoms with van der Waals surface area (Å²) in [6, 6.07) is 0. The second-order valence-electron chi connectivity index (χ2n) is 6.60. The molecule has 2 saturated heterocycles. The molecule has 0 saturated carbocycles. The highest BCUT2D eigenvalue weighted by Crippen LogP contribution is 2.32. The molecule has 0 aliphatic carbocycles. The molecule has 1 unspecified atom stereocenters. The maximum atomic E-state index is 3.75. The third-order valence-electron chi connectivity index (χ3n) is 4.74. The van der Waals surface area contributed by atoms with Crippen molar-refractivity contribution in [3.05, 3.63) is 0 Å². The number of hydrogen-bond donors (Lipinski definition) is 1. The van der Waals surface area contributed by atoms with E-state index in [0.29, 0.717) is 11.0 Å². The predicted molar refractivity (Wildman–Crippen MR) is 69.7 cm³/mol. The summed E-state index contributed by atoms with van der Waals surface area (Å²) in [6.07, 6.45) is 6.77. The molecule has 2 nitrogen and oxygen atoms in total. The maximum absolute atomic E-state index is 3.75. The monoisotopic (exact) mass is 224 g/mol. The number of nitrogens with one attached hydrogen (secondary N) is 1. The number of rotatable bonds is 3. The summed E-state index contributed by atoms with van der Waals surface area (Å²) in [5, 5.41) is 3.75. The Balaban J connectivity index is 1.86. The first kappa shape index (κ1) is 12.4. The zero-order chi connectivity index (χ0) is 11.6. The first-order valence-corrected chi connectivity index (χ1v) is 7.03. The lowest BCUT2D eigenvalue weighted by Crippen LogP contribution is -2.51. The van der Waals surface area contributed by atoms with Crippen molar-refractivity contribution in [3.8, 4) is 0 Å². The van der Waals surface area contributed by atoms with Gasteiger partial charge in [0.25, 0.3) is 0 Å². The molecule has 2 aliphatic heterocycles. The Morgan fingerprint density at radius 2 is 1.81 bits per heavy atom. The van der Waals surface area contributed by atoms with E-state index >= 15 is 0 Å². The summed E-state index contributed by atoms with van der Waals surface area (Å²) >= 11 is 0. The third-order valence-corrected chi connectivity index (χ3v) is 4.74. The molecule has 16 heavy (non-hydrogen) atoms. The highest BCUT2D eigenvalue weighted by Gasteiger charge is 2.35. The van der Waals surface area contributed by atoms with E-state index in [2.05, 4.69) is 31.0 Å². The minimum Gasteiger partial charge on any atom is -0.310 e. The van der Waals surface area contributed by atoms with Crippen LogP contribution in [-0.2, 0) is 0 Å². The van der Waals surface area contributed by atoms with Crippen LogP contribution in [0.3, 0.4) is 0 Å². The zero-order valence-corrected chi connectivity index (χ0v) is 11.3. The minimum absolute atomic E-state index is 0.446. The van der Waals surface area contributed by atoms with Crippen molar-refractivity contribution in [2.24, 2.45) is 5.41 Å². The summed E-state index contributed by atoms with van der Waals surface area (Å²) in [6.45, 7) is 12.3. The van der Waals surface area contributed by atoms with E-state index in [9.17, 15) is 0 Å². The fourth-order valence-corrected chi connectivity index (χ4v) is 3.16. The van der Waals surface area contributed by atoms with Crippen LogP contribution in [0, 0.1) is 5.41 Å². The van der Waals surface area contributed by atoms with Crippen molar-refractivity contribution in [2.75, 3.05) is 26.2 Å². The van der Waals surface area contributed by atoms with E-state index in [-0.39, 0.29) is 0 Å². The van der Waals surface area contributed by atoms with E-state index < -0.39 is 0 Å². The van der Waals surface area contributed by atoms with Gasteiger partial charge in [0.2, 0.25) is 0 Å². The highest BCUT2D eigenvalue weighted by atomic mass is 15.2. The van der Waals surface area contributed by atoms with Crippen LogP contribution >= 0.6 is 0 Å². The van der Waals surface area contributed by atoms with E-state index in [1.54, 1.807) is 0 Å². The Kier molecular flexibility index (Phi) is 3.60. The van der Waals surface area contributed by atoms with Gasteiger partial charge in [0, 0.05) is 12.1 Å². The molecule has 1 N–H and O–H groups in total. The van der Waals surface area contributed by atoms with Gasteiger partial charge in [0.1, 0.15) is 0 Å². The van der Waals surface area contributed by atoms with Crippen LogP contribution in [-0.4, -0.2) is 36.6 Å². The van der Waals surface area contributed by atoms with Crippen molar-refractivity contribution in [2.45, 2.75) is 58.4 Å². The molecule has 0 bridgehead atoms. The molecular weight excluding hydrogens is 196 g/mol. The molecule has 0 radical (unpaired) electrons. The molecule has 0 amide bonds. The van der Waals surface area contributed by atoms with Crippen molar-refractivity contribution in [3.63, 3.8) is 0 Å². The van der Waals surface area contributed by atoms with Crippen LogP contribution in [0.4, 0.5) is 0 Å². The predicted octanol–water partition coefficient (Wildman–Crippen LogP) is 2.64. The maximum Gasteiger partial charge on any atom is 0.0306 e. The van der Waals surface area contributed by atoms with Gasteiger partial charge in [-0.3, -0.25) is 0 Å². The minimum atomic E-state index is 0.446. The van der Waals surface area contributed by atoms with Gasteiger partial charge in [-0.25, -0.2) is 0 Å². The molecule has 0 aromatic carbocycles. The molecule has 2 aliphatic rings. The zero-order valence-electron chi connectivity index (χ0n) is 11.3. The Hall–Kier alpha value is -0.0800. The number of hydrogen-bond acceptors (Lipinski definition) is 2. The first-order chi connectivity index (χ1) is 7.55. The van der Waals surface area contributed by atoms with Gasteiger partial charge >= 0.3 is 0 Å². The van der Waals surface area contributed by atoms with Gasteiger partial charge < -0.3 is 10.2 Å². The summed E-state index contributed by atoms with van der Waals surface area (Å²) in [5.74, 6) is 0. The van der Waals surface area contributed by atoms with E-state index in [1.807, 2.05) is 0 Å². The third kappa shape index (κ3) is 2.78. The Labute approximate surface area is 101 Å². The molecule has 2 heteroatoms. The van der Waals surface area contributed by atoms with Crippen molar-refractivity contribution >= 4 is 0 Å². The lowest BCUT2D eigenvalue weighted by Gasteiger charge is -2.41. The average molecular weight is 224 g/mol. The molecule has 2 fully saturated rings. The normalized spacial score (nSPS) is 35.4. The first-order valence-electron chi connectivity index (χ1n) is 7.03. The smallest absolute Gasteiger partial charge is 0.0306 e. The number of nitrogens with zero attached hydrogens (tertiary/aromatic N) is 1. The van der Waals surface area contributed by atoms with Gasteiger partial charge in [0.15, 0.2) is 0 Å². The highest BCUT2D eigenvalue weighted by molar-refractivity contribution is 4.95. The van der Waals surface area contributed by atoms with Crippen molar-refractivity contribution in [1.82, 2.24) is 10.2 Å². The Morgan fingerprint density at radius 1 is 1.12 bits per heavy atom. The van der Waals surface area contributed by atoms with Crippen LogP contribution in [0.25, 0.3) is 0 Å². The molecule has 1 atom stereocenters. The standard InChI is InChI=1S/C14H28N2/c1-4-14(6-5-9-15-14)12-16-10-7-13(2,3)8-11-16/h15H,4-12H2,1-3H3. The van der Waals surface area contributed by atoms with Crippen LogP contribution in [0.5, 0.6) is 0 Å². The SMILES string of the molecule is CCC1(CN2CCC(C)(C)CC2)CCCN1. The quantitative estimate of drug-likeness (QED) is 0.793. The Bertz CT molecular complexity index is 219. The molecule has 0 aromatic heterocycles. The fourth-order valence-electron chi connectivity index (χ4n) is 3.16. The van der Waals surface area contributed by atoms with Crippen LogP contribution in [0.2, 0.25) is 0 Å². The molecule has 0 spiro atoms. The summed E-state index contributed by atoms with van der Waals surface area (Å²) < 4.78 is 0. The second-order valence-corrected chi connectivity index (χ2v) is 6.60. The van der Waals surface area contributed by atoms with Gasteiger partial charge in [-0.2, -0.15) is 0 Å². The molecule has 0 aromatic rings. The van der Waals surface area contributed by atoms with Gasteiger partial charge in [0.05, 0.1) is 0 Å². The topological polar surface area (TPSA) is 15.3 Å². The van der Waals surface area contributed by atoms with E-state index in [4.69, 9.17) is 0 Å². The van der Waals surface area contributed by atoms with Gasteiger partial charge in [-0.1, -0.05) is 20.8 Å². The number of piperidine rings is 1. The molecule has 2 rings (SSSR count). The van der Waals surface area contributed by atoms with Crippen LogP contribution in [0.15, 0.2) is 0 Å². The average Bonchev–Trinajstić information content (AvgIpc) is 2.71. The summed E-state index contributed by atoms with van der Waals surface area (Å²) in [7, 11) is 0. The lowest BCUT2D eigenvalue weighted by atomic mass is 9.82. The fraction of sp³-hybridized carbons (Fsp3) is 1.00. The van der Waals surface area contributed by atoms with Gasteiger partial charge in [-0.15, -0.1) is 0 Å². The summed E-state index contributed by atoms with van der Waals surface area (Å²) in [5.41, 5.74) is 1.03. The summed E-state index contributed by atoms with van der Waals surface area (Å²) in [4.78, 5) is 2.69. The second kappa shape index (κ2) is 4.66. The molecule has 2 heterocycles. The van der Waals surface area contributed by atoms with Crippen LogP contribution in [0.1, 0.15) is 52.9 Å². The van der Waals surface area contributed by atoms with Gasteiger partial charge in [-0.05, 0) is 57.2 Å². The van der Waals surface area contributed by atoms with Crippen LogP contribution < -0.4 is 5.32 Å². The van der Waals surface area contributed by atoms with Crippen molar-refractivity contribution < 1.29 is 0 Å². The number of likely N-dealkylation sites (tertiary alicyclic amines) is 1. The molecular formula is C14H28N2.